The number of likely N-dealkylation sites (tertiary alicyclic amines) is 1. The second-order valence-electron chi connectivity index (χ2n) is 3.20. The van der Waals surface area contributed by atoms with Crippen LogP contribution in [0.5, 0.6) is 0 Å². The summed E-state index contributed by atoms with van der Waals surface area (Å²) in [6, 6.07) is 0. The second kappa shape index (κ2) is 3.31. The largest absolute Gasteiger partial charge is 0.388 e. The van der Waals surface area contributed by atoms with Crippen LogP contribution in [0.3, 0.4) is 0 Å². The molecule has 1 aliphatic heterocycles. The van der Waals surface area contributed by atoms with Crippen LogP contribution in [0.25, 0.3) is 0 Å². The molecule has 0 saturated carbocycles. The number of aliphatic hydroxyl groups is 1. The zero-order valence-corrected chi connectivity index (χ0v) is 7.86. The van der Waals surface area contributed by atoms with Crippen molar-refractivity contribution in [1.29, 1.82) is 0 Å². The van der Waals surface area contributed by atoms with Gasteiger partial charge in [0, 0.05) is 30.2 Å². The van der Waals surface area contributed by atoms with E-state index in [4.69, 9.17) is 23.2 Å². The Morgan fingerprint density at radius 1 is 1.73 bits per heavy atom. The van der Waals surface area contributed by atoms with E-state index in [0.717, 1.165) is 0 Å². The predicted octanol–water partition coefficient (Wildman–Crippen LogP) is 1.37. The van der Waals surface area contributed by atoms with E-state index in [0.29, 0.717) is 24.7 Å². The summed E-state index contributed by atoms with van der Waals surface area (Å²) in [5, 5.41) is 9.95. The first-order valence-electron chi connectivity index (χ1n) is 3.43. The maximum Gasteiger partial charge on any atom is 0.0872 e. The number of nitrogens with zero attached hydrogens (tertiary/aromatic N) is 1. The van der Waals surface area contributed by atoms with Crippen LogP contribution in [0.2, 0.25) is 0 Å². The Kier molecular flexibility index (Phi) is 2.81. The molecule has 0 radical (unpaired) electrons. The Labute approximate surface area is 76.4 Å². The molecule has 1 saturated heterocycles. The number of hydrogen-bond donors (Lipinski definition) is 1. The third-order valence-electron chi connectivity index (χ3n) is 1.62. The Balaban J connectivity index is 2.24. The van der Waals surface area contributed by atoms with E-state index in [9.17, 15) is 5.11 Å². The van der Waals surface area contributed by atoms with Gasteiger partial charge < -0.3 is 5.11 Å². The smallest absolute Gasteiger partial charge is 0.0872 e. The molecule has 0 aliphatic carbocycles. The van der Waals surface area contributed by atoms with Crippen molar-refractivity contribution in [2.75, 3.05) is 19.6 Å². The van der Waals surface area contributed by atoms with Crippen LogP contribution in [0.4, 0.5) is 0 Å². The second-order valence-corrected chi connectivity index (χ2v) is 3.90. The van der Waals surface area contributed by atoms with Gasteiger partial charge in [-0.3, -0.25) is 4.90 Å². The van der Waals surface area contributed by atoms with Gasteiger partial charge in [-0.1, -0.05) is 23.2 Å². The highest BCUT2D eigenvalue weighted by atomic mass is 35.5. The van der Waals surface area contributed by atoms with Gasteiger partial charge in [0.2, 0.25) is 0 Å². The molecule has 4 heteroatoms. The summed E-state index contributed by atoms with van der Waals surface area (Å²) < 4.78 is 0. The van der Waals surface area contributed by atoms with E-state index in [1.54, 1.807) is 0 Å². The van der Waals surface area contributed by atoms with Crippen LogP contribution < -0.4 is 0 Å². The van der Waals surface area contributed by atoms with Gasteiger partial charge in [-0.05, 0) is 6.92 Å². The molecule has 1 N–H and O–H groups in total. The fourth-order valence-corrected chi connectivity index (χ4v) is 1.52. The molecule has 11 heavy (non-hydrogen) atoms. The molecule has 1 rings (SSSR count). The lowest BCUT2D eigenvalue weighted by Gasteiger charge is -2.44. The summed E-state index contributed by atoms with van der Waals surface area (Å²) in [4.78, 5) is 2.03. The van der Waals surface area contributed by atoms with Crippen molar-refractivity contribution in [3.05, 3.63) is 10.6 Å². The van der Waals surface area contributed by atoms with Crippen LogP contribution in [0.1, 0.15) is 6.92 Å². The molecule has 1 aliphatic rings. The van der Waals surface area contributed by atoms with Crippen molar-refractivity contribution in [2.24, 2.45) is 0 Å². The lowest BCUT2D eigenvalue weighted by molar-refractivity contribution is -0.0781. The Bertz CT molecular complexity index is 171. The lowest BCUT2D eigenvalue weighted by Crippen LogP contribution is -2.59. The highest BCUT2D eigenvalue weighted by molar-refractivity contribution is 6.36. The van der Waals surface area contributed by atoms with Crippen molar-refractivity contribution >= 4 is 23.2 Å². The van der Waals surface area contributed by atoms with Gasteiger partial charge in [0.1, 0.15) is 0 Å². The van der Waals surface area contributed by atoms with Crippen molar-refractivity contribution < 1.29 is 5.11 Å². The highest BCUT2D eigenvalue weighted by Crippen LogP contribution is 2.21. The first-order valence-corrected chi connectivity index (χ1v) is 4.24. The van der Waals surface area contributed by atoms with Gasteiger partial charge in [0.05, 0.1) is 5.60 Å². The minimum Gasteiger partial charge on any atom is -0.388 e. The lowest BCUT2D eigenvalue weighted by atomic mass is 9.97. The van der Waals surface area contributed by atoms with E-state index in [1.807, 2.05) is 11.8 Å². The third kappa shape index (κ3) is 2.64. The van der Waals surface area contributed by atoms with Crippen LogP contribution in [0, 0.1) is 0 Å². The molecule has 0 aromatic heterocycles. The molecule has 64 valence electrons. The summed E-state index contributed by atoms with van der Waals surface area (Å²) in [6.07, 6.45) is 0. The number of halogens is 2. The molecule has 2 nitrogen and oxygen atoms in total. The fourth-order valence-electron chi connectivity index (χ4n) is 1.28. The minimum absolute atomic E-state index is 0.524. The van der Waals surface area contributed by atoms with Crippen LogP contribution in [-0.4, -0.2) is 35.2 Å². The quantitative estimate of drug-likeness (QED) is 0.720. The predicted molar refractivity (Wildman–Crippen MR) is 46.9 cm³/mol. The maximum absolute atomic E-state index is 9.33. The molecule has 0 aromatic rings. The number of rotatable bonds is 2. The van der Waals surface area contributed by atoms with Gasteiger partial charge in [-0.15, -0.1) is 0 Å². The van der Waals surface area contributed by atoms with Crippen molar-refractivity contribution in [1.82, 2.24) is 4.90 Å². The van der Waals surface area contributed by atoms with Crippen molar-refractivity contribution in [3.8, 4) is 0 Å². The summed E-state index contributed by atoms with van der Waals surface area (Å²) in [6.45, 7) is 3.80. The van der Waals surface area contributed by atoms with Crippen LogP contribution >= 0.6 is 23.2 Å². The molecular weight excluding hydrogens is 185 g/mol. The number of hydrogen-bond acceptors (Lipinski definition) is 2. The van der Waals surface area contributed by atoms with Gasteiger partial charge in [0.25, 0.3) is 0 Å². The molecule has 0 atom stereocenters. The minimum atomic E-state index is -0.524. The molecule has 0 unspecified atom stereocenters. The summed E-state index contributed by atoms with van der Waals surface area (Å²) in [5.74, 6) is 0. The Morgan fingerprint density at radius 3 is 2.64 bits per heavy atom. The zero-order chi connectivity index (χ0) is 8.48. The zero-order valence-electron chi connectivity index (χ0n) is 6.35. The Hall–Kier alpha value is 0.240. The highest BCUT2D eigenvalue weighted by Gasteiger charge is 2.36. The topological polar surface area (TPSA) is 23.5 Å². The molecule has 0 amide bonds. The SMILES string of the molecule is CC1(O)CN(C/C(Cl)=C/Cl)C1. The fraction of sp³-hybridized carbons (Fsp3) is 0.714. The molecular formula is C7H11Cl2NO. The van der Waals surface area contributed by atoms with Crippen LogP contribution in [0.15, 0.2) is 10.6 Å². The first kappa shape index (κ1) is 9.33. The van der Waals surface area contributed by atoms with Crippen molar-refractivity contribution in [2.45, 2.75) is 12.5 Å². The van der Waals surface area contributed by atoms with E-state index < -0.39 is 5.60 Å². The van der Waals surface area contributed by atoms with E-state index in [2.05, 4.69) is 0 Å². The van der Waals surface area contributed by atoms with E-state index in [-0.39, 0.29) is 0 Å². The summed E-state index contributed by atoms with van der Waals surface area (Å²) in [5.41, 5.74) is 0.831. The molecule has 0 bridgehead atoms. The average Bonchev–Trinajstić information content (AvgIpc) is 1.83. The molecule has 1 fully saturated rings. The normalized spacial score (nSPS) is 24.9. The van der Waals surface area contributed by atoms with Crippen molar-refractivity contribution in [3.63, 3.8) is 0 Å². The Morgan fingerprint density at radius 2 is 2.27 bits per heavy atom. The summed E-state index contributed by atoms with van der Waals surface area (Å²) in [7, 11) is 0. The van der Waals surface area contributed by atoms with Gasteiger partial charge in [-0.25, -0.2) is 0 Å². The number of β-amino-alcohol motifs (C(OH)–C–C–N with tert-alkyl or cyclic N) is 1. The molecule has 1 heterocycles. The first-order chi connectivity index (χ1) is 5.03. The third-order valence-corrected chi connectivity index (χ3v) is 2.23. The average molecular weight is 196 g/mol. The van der Waals surface area contributed by atoms with Crippen LogP contribution in [-0.2, 0) is 0 Å². The van der Waals surface area contributed by atoms with Gasteiger partial charge in [0.15, 0.2) is 0 Å². The van der Waals surface area contributed by atoms with E-state index >= 15 is 0 Å². The van der Waals surface area contributed by atoms with E-state index in [1.165, 1.54) is 5.54 Å². The standard InChI is InChI=1S/C7H11Cl2NO/c1-7(11)4-10(5-7)3-6(9)2-8/h2,11H,3-5H2,1H3/b6-2-. The summed E-state index contributed by atoms with van der Waals surface area (Å²) >= 11 is 11.0. The van der Waals surface area contributed by atoms with Gasteiger partial charge in [-0.2, -0.15) is 0 Å². The molecule has 0 aromatic carbocycles. The molecule has 0 spiro atoms. The van der Waals surface area contributed by atoms with Gasteiger partial charge >= 0.3 is 0 Å². The maximum atomic E-state index is 9.33. The monoisotopic (exact) mass is 195 g/mol.